The highest BCUT2D eigenvalue weighted by Crippen LogP contribution is 2.40. The van der Waals surface area contributed by atoms with Gasteiger partial charge in [-0.1, -0.05) is 17.7 Å². The van der Waals surface area contributed by atoms with Gasteiger partial charge < -0.3 is 10.6 Å². The second-order valence-corrected chi connectivity index (χ2v) is 7.89. The number of halogens is 2. The highest BCUT2D eigenvalue weighted by atomic mass is 35.5. The summed E-state index contributed by atoms with van der Waals surface area (Å²) in [6.45, 7) is 1.83. The number of pyridine rings is 2. The number of nitrogens with zero attached hydrogens (tertiary/aromatic N) is 3. The van der Waals surface area contributed by atoms with Crippen molar-refractivity contribution in [2.24, 2.45) is 5.73 Å². The summed E-state index contributed by atoms with van der Waals surface area (Å²) in [6, 6.07) is 9.34. The molecule has 1 atom stereocenters. The van der Waals surface area contributed by atoms with Crippen molar-refractivity contribution >= 4 is 23.4 Å². The van der Waals surface area contributed by atoms with Crippen molar-refractivity contribution in [3.63, 3.8) is 0 Å². The average molecular weight is 439 g/mol. The molecule has 2 N–H and O–H groups in total. The Morgan fingerprint density at radius 2 is 1.97 bits per heavy atom. The van der Waals surface area contributed by atoms with Crippen LogP contribution in [0.5, 0.6) is 0 Å². The fourth-order valence-corrected chi connectivity index (χ4v) is 4.32. The van der Waals surface area contributed by atoms with E-state index in [0.717, 1.165) is 0 Å². The minimum atomic E-state index is -0.679. The summed E-state index contributed by atoms with van der Waals surface area (Å²) < 4.78 is 14.5. The Morgan fingerprint density at radius 1 is 1.23 bits per heavy atom. The molecule has 6 nitrogen and oxygen atoms in total. The highest BCUT2D eigenvalue weighted by Gasteiger charge is 2.34. The van der Waals surface area contributed by atoms with E-state index in [1.807, 2.05) is 0 Å². The molecule has 158 valence electrons. The molecule has 0 unspecified atom stereocenters. The van der Waals surface area contributed by atoms with Crippen molar-refractivity contribution in [3.05, 3.63) is 93.3 Å². The first-order chi connectivity index (χ1) is 14.9. The normalized spacial score (nSPS) is 14.9. The van der Waals surface area contributed by atoms with Crippen LogP contribution in [-0.2, 0) is 13.0 Å². The third-order valence-electron chi connectivity index (χ3n) is 5.56. The van der Waals surface area contributed by atoms with E-state index < -0.39 is 11.9 Å². The number of aryl methyl sites for hydroxylation is 1. The predicted octanol–water partition coefficient (Wildman–Crippen LogP) is 4.01. The molecule has 1 aromatic carbocycles. The van der Waals surface area contributed by atoms with Gasteiger partial charge in [0.15, 0.2) is 0 Å². The van der Waals surface area contributed by atoms with E-state index in [2.05, 4.69) is 9.97 Å². The summed E-state index contributed by atoms with van der Waals surface area (Å²) in [5.74, 6) is -1.33. The van der Waals surface area contributed by atoms with Crippen LogP contribution in [0.3, 0.4) is 0 Å². The first-order valence-electron chi connectivity index (χ1n) is 9.81. The minimum absolute atomic E-state index is 0.0809. The van der Waals surface area contributed by atoms with Crippen molar-refractivity contribution in [1.29, 1.82) is 0 Å². The van der Waals surface area contributed by atoms with Gasteiger partial charge in [-0.05, 0) is 61.2 Å². The maximum absolute atomic E-state index is 14.5. The summed E-state index contributed by atoms with van der Waals surface area (Å²) in [4.78, 5) is 35.4. The van der Waals surface area contributed by atoms with E-state index >= 15 is 0 Å². The highest BCUT2D eigenvalue weighted by molar-refractivity contribution is 6.30. The molecule has 4 rings (SSSR count). The molecule has 0 bridgehead atoms. The number of hydrogen-bond donors (Lipinski definition) is 1. The van der Waals surface area contributed by atoms with Crippen LogP contribution in [0.1, 0.15) is 55.7 Å². The Kier molecular flexibility index (Phi) is 5.69. The Bertz CT molecular complexity index is 1180. The van der Waals surface area contributed by atoms with Crippen LogP contribution < -0.4 is 5.73 Å². The van der Waals surface area contributed by atoms with Crippen molar-refractivity contribution in [3.8, 4) is 0 Å². The van der Waals surface area contributed by atoms with Crippen molar-refractivity contribution in [1.82, 2.24) is 14.9 Å². The zero-order chi connectivity index (χ0) is 22.1. The molecule has 0 fully saturated rings. The van der Waals surface area contributed by atoms with Gasteiger partial charge in [-0.3, -0.25) is 19.6 Å². The molecule has 0 spiro atoms. The van der Waals surface area contributed by atoms with Gasteiger partial charge in [0, 0.05) is 35.2 Å². The van der Waals surface area contributed by atoms with Crippen LogP contribution in [0.2, 0.25) is 5.02 Å². The standard InChI is InChI=1S/C23H20ClFN4O2/c1-13-16(5-3-8-27-13)23(31)29(12-14-4-2-9-28-21(14)22(26)30)20-7-6-17-18(20)10-15(24)11-19(17)25/h2-5,8-11,20H,6-7,12H2,1H3,(H2,26,30)/t20-/m0/s1. The number of carbonyl (C=O) groups excluding carboxylic acids is 2. The zero-order valence-corrected chi connectivity index (χ0v) is 17.6. The van der Waals surface area contributed by atoms with Gasteiger partial charge in [0.2, 0.25) is 0 Å². The summed E-state index contributed by atoms with van der Waals surface area (Å²) in [5, 5.41) is 0.271. The molecule has 0 saturated heterocycles. The van der Waals surface area contributed by atoms with E-state index in [1.165, 1.54) is 12.3 Å². The topological polar surface area (TPSA) is 89.2 Å². The lowest BCUT2D eigenvalue weighted by Crippen LogP contribution is -2.35. The number of rotatable bonds is 5. The third-order valence-corrected chi connectivity index (χ3v) is 5.78. The van der Waals surface area contributed by atoms with Gasteiger partial charge in [0.25, 0.3) is 11.8 Å². The lowest BCUT2D eigenvalue weighted by Gasteiger charge is -2.31. The van der Waals surface area contributed by atoms with Crippen molar-refractivity contribution in [2.45, 2.75) is 32.4 Å². The van der Waals surface area contributed by atoms with Crippen LogP contribution in [-0.4, -0.2) is 26.7 Å². The number of nitrogens with two attached hydrogens (primary N) is 1. The molecule has 0 radical (unpaired) electrons. The maximum Gasteiger partial charge on any atom is 0.267 e. The van der Waals surface area contributed by atoms with E-state index in [4.69, 9.17) is 17.3 Å². The minimum Gasteiger partial charge on any atom is -0.364 e. The van der Waals surface area contributed by atoms with Gasteiger partial charge in [0.1, 0.15) is 11.5 Å². The number of benzene rings is 1. The summed E-state index contributed by atoms with van der Waals surface area (Å²) >= 11 is 6.12. The number of fused-ring (bicyclic) bond motifs is 1. The Morgan fingerprint density at radius 3 is 2.71 bits per heavy atom. The molecular formula is C23H20ClFN4O2. The Labute approximate surface area is 183 Å². The van der Waals surface area contributed by atoms with Gasteiger partial charge in [-0.25, -0.2) is 4.39 Å². The number of aromatic nitrogens is 2. The molecular weight excluding hydrogens is 419 g/mol. The molecule has 2 heterocycles. The van der Waals surface area contributed by atoms with Crippen LogP contribution >= 0.6 is 11.6 Å². The van der Waals surface area contributed by atoms with Crippen LogP contribution in [0.25, 0.3) is 0 Å². The largest absolute Gasteiger partial charge is 0.364 e. The van der Waals surface area contributed by atoms with Crippen LogP contribution in [0, 0.1) is 12.7 Å². The van der Waals surface area contributed by atoms with Gasteiger partial charge in [-0.2, -0.15) is 0 Å². The quantitative estimate of drug-likeness (QED) is 0.651. The van der Waals surface area contributed by atoms with Crippen molar-refractivity contribution < 1.29 is 14.0 Å². The number of amides is 2. The fourth-order valence-electron chi connectivity index (χ4n) is 4.10. The summed E-state index contributed by atoms with van der Waals surface area (Å²) in [6.07, 6.45) is 4.10. The lowest BCUT2D eigenvalue weighted by atomic mass is 10.0. The molecule has 0 aliphatic heterocycles. The monoisotopic (exact) mass is 438 g/mol. The number of primary amides is 1. The Balaban J connectivity index is 1.81. The second-order valence-electron chi connectivity index (χ2n) is 7.45. The number of carbonyl (C=O) groups is 2. The maximum atomic E-state index is 14.5. The van der Waals surface area contributed by atoms with Gasteiger partial charge in [0.05, 0.1) is 11.6 Å². The molecule has 1 aliphatic rings. The first-order valence-corrected chi connectivity index (χ1v) is 10.2. The molecule has 31 heavy (non-hydrogen) atoms. The van der Waals surface area contributed by atoms with Gasteiger partial charge >= 0.3 is 0 Å². The third kappa shape index (κ3) is 4.01. The van der Waals surface area contributed by atoms with E-state index in [9.17, 15) is 14.0 Å². The Hall–Kier alpha value is -3.32. The molecule has 2 amide bonds. The first kappa shape index (κ1) is 20.9. The van der Waals surface area contributed by atoms with E-state index in [1.54, 1.807) is 48.4 Å². The molecule has 1 aliphatic carbocycles. The lowest BCUT2D eigenvalue weighted by molar-refractivity contribution is 0.0654. The molecule has 2 aromatic heterocycles. The van der Waals surface area contributed by atoms with Gasteiger partial charge in [-0.15, -0.1) is 0 Å². The molecule has 3 aromatic rings. The summed E-state index contributed by atoms with van der Waals surface area (Å²) in [5.41, 5.74) is 8.33. The molecule has 0 saturated carbocycles. The average Bonchev–Trinajstić information content (AvgIpc) is 3.16. The van der Waals surface area contributed by atoms with E-state index in [-0.39, 0.29) is 29.0 Å². The summed E-state index contributed by atoms with van der Waals surface area (Å²) in [7, 11) is 0. The zero-order valence-electron chi connectivity index (χ0n) is 16.8. The predicted molar refractivity (Wildman–Crippen MR) is 114 cm³/mol. The van der Waals surface area contributed by atoms with Crippen LogP contribution in [0.15, 0.2) is 48.8 Å². The van der Waals surface area contributed by atoms with E-state index in [0.29, 0.717) is 40.8 Å². The molecule has 8 heteroatoms. The van der Waals surface area contributed by atoms with Crippen molar-refractivity contribution in [2.75, 3.05) is 0 Å². The number of hydrogen-bond acceptors (Lipinski definition) is 4. The van der Waals surface area contributed by atoms with Crippen LogP contribution in [0.4, 0.5) is 4.39 Å². The fraction of sp³-hybridized carbons (Fsp3) is 0.217. The smallest absolute Gasteiger partial charge is 0.267 e. The SMILES string of the molecule is Cc1ncccc1C(=O)N(Cc1cccnc1C(N)=O)[C@H]1CCc2c(F)cc(Cl)cc21. The second kappa shape index (κ2) is 8.43.